The Balaban J connectivity index is 4.68. The van der Waals surface area contributed by atoms with Crippen molar-refractivity contribution in [3.8, 4) is 36.0 Å². The van der Waals surface area contributed by atoms with E-state index in [9.17, 15) is 0 Å². The topological polar surface area (TPSA) is 0 Å². The van der Waals surface area contributed by atoms with Crippen LogP contribution in [-0.2, 0) is 0 Å². The molecule has 0 aliphatic rings. The highest BCUT2D eigenvalue weighted by atomic mass is 14.2. The molecule has 1 unspecified atom stereocenters. The Morgan fingerprint density at radius 3 is 2.31 bits per heavy atom. The number of terminal acetylenes is 1. The first-order valence-corrected chi connectivity index (χ1v) is 4.62. The summed E-state index contributed by atoms with van der Waals surface area (Å²) in [7, 11) is 0. The van der Waals surface area contributed by atoms with Crippen LogP contribution < -0.4 is 0 Å². The fraction of sp³-hybridized carbons (Fsp3) is 0.538. The lowest BCUT2D eigenvalue weighted by Gasteiger charge is -2.16. The van der Waals surface area contributed by atoms with Crippen molar-refractivity contribution in [2.24, 2.45) is 5.41 Å². The highest BCUT2D eigenvalue weighted by Gasteiger charge is 2.20. The molecule has 0 nitrogen and oxygen atoms in total. The highest BCUT2D eigenvalue weighted by molar-refractivity contribution is 5.27. The van der Waals surface area contributed by atoms with Gasteiger partial charge in [0.2, 0.25) is 0 Å². The zero-order valence-electron chi connectivity index (χ0n) is 8.70. The molecule has 0 spiro atoms. The van der Waals surface area contributed by atoms with Crippen LogP contribution in [-0.4, -0.2) is 0 Å². The van der Waals surface area contributed by atoms with Gasteiger partial charge in [0.1, 0.15) is 5.41 Å². The van der Waals surface area contributed by atoms with Crippen LogP contribution in [0.25, 0.3) is 0 Å². The smallest absolute Gasteiger partial charge is 0.102 e. The van der Waals surface area contributed by atoms with E-state index in [1.165, 1.54) is 0 Å². The van der Waals surface area contributed by atoms with Crippen molar-refractivity contribution in [3.63, 3.8) is 0 Å². The molecule has 0 aliphatic heterocycles. The predicted octanol–water partition coefficient (Wildman–Crippen LogP) is 2.84. The van der Waals surface area contributed by atoms with E-state index in [1.807, 2.05) is 13.8 Å². The predicted molar refractivity (Wildman–Crippen MR) is 57.7 cm³/mol. The fourth-order valence-corrected chi connectivity index (χ4v) is 0.944. The molecule has 0 saturated carbocycles. The van der Waals surface area contributed by atoms with Gasteiger partial charge in [-0.1, -0.05) is 25.7 Å². The van der Waals surface area contributed by atoms with Crippen molar-refractivity contribution in [1.29, 1.82) is 0 Å². The van der Waals surface area contributed by atoms with Gasteiger partial charge in [-0.3, -0.25) is 0 Å². The van der Waals surface area contributed by atoms with E-state index in [0.717, 1.165) is 12.8 Å². The molecule has 0 fully saturated rings. The molecular formula is C13H16. The first-order chi connectivity index (χ1) is 6.24. The summed E-state index contributed by atoms with van der Waals surface area (Å²) in [5.74, 6) is 14.8. The average molecular weight is 172 g/mol. The first-order valence-electron chi connectivity index (χ1n) is 4.62. The second kappa shape index (κ2) is 6.22. The zero-order valence-corrected chi connectivity index (χ0v) is 8.70. The van der Waals surface area contributed by atoms with E-state index in [-0.39, 0.29) is 5.41 Å². The quantitative estimate of drug-likeness (QED) is 0.562. The van der Waals surface area contributed by atoms with Crippen LogP contribution in [0.4, 0.5) is 0 Å². The largest absolute Gasteiger partial charge is 0.118 e. The SMILES string of the molecule is C#CC(C#CCC)(CC)CC#CC. The standard InChI is InChI=1S/C13H16/c1-5-9-11-13(7-3,8-4)12-10-6-2/h3H,5,8,12H2,1-2,4H3. The van der Waals surface area contributed by atoms with Crippen LogP contribution in [0.1, 0.15) is 40.0 Å². The molecule has 0 amide bonds. The maximum Gasteiger partial charge on any atom is 0.102 e. The van der Waals surface area contributed by atoms with Crippen LogP contribution in [0.2, 0.25) is 0 Å². The van der Waals surface area contributed by atoms with Gasteiger partial charge in [-0.2, -0.15) is 0 Å². The Hall–Kier alpha value is -1.32. The normalized spacial score (nSPS) is 12.5. The van der Waals surface area contributed by atoms with Crippen LogP contribution in [0, 0.1) is 41.4 Å². The average Bonchev–Trinajstić information content (AvgIpc) is 2.20. The van der Waals surface area contributed by atoms with E-state index >= 15 is 0 Å². The summed E-state index contributed by atoms with van der Waals surface area (Å²) in [5.41, 5.74) is -0.320. The van der Waals surface area contributed by atoms with Gasteiger partial charge in [0, 0.05) is 12.8 Å². The molecular weight excluding hydrogens is 156 g/mol. The third-order valence-corrected chi connectivity index (χ3v) is 1.95. The molecule has 0 saturated heterocycles. The minimum Gasteiger partial charge on any atom is -0.118 e. The molecule has 0 bridgehead atoms. The number of rotatable bonds is 2. The lowest BCUT2D eigenvalue weighted by Crippen LogP contribution is -2.13. The second-order valence-corrected chi connectivity index (χ2v) is 2.84. The van der Waals surface area contributed by atoms with E-state index in [2.05, 4.69) is 36.5 Å². The van der Waals surface area contributed by atoms with Gasteiger partial charge in [0.05, 0.1) is 0 Å². The third-order valence-electron chi connectivity index (χ3n) is 1.95. The van der Waals surface area contributed by atoms with E-state index in [0.29, 0.717) is 6.42 Å². The van der Waals surface area contributed by atoms with Gasteiger partial charge in [-0.05, 0) is 13.3 Å². The van der Waals surface area contributed by atoms with Gasteiger partial charge in [-0.15, -0.1) is 24.2 Å². The Morgan fingerprint density at radius 1 is 1.23 bits per heavy atom. The van der Waals surface area contributed by atoms with Gasteiger partial charge in [-0.25, -0.2) is 0 Å². The van der Waals surface area contributed by atoms with Gasteiger partial charge >= 0.3 is 0 Å². The van der Waals surface area contributed by atoms with Gasteiger partial charge < -0.3 is 0 Å². The number of hydrogen-bond acceptors (Lipinski definition) is 0. The second-order valence-electron chi connectivity index (χ2n) is 2.84. The Morgan fingerprint density at radius 2 is 1.92 bits per heavy atom. The Bertz CT molecular complexity index is 295. The van der Waals surface area contributed by atoms with Crippen molar-refractivity contribution in [2.75, 3.05) is 0 Å². The summed E-state index contributed by atoms with van der Waals surface area (Å²) in [6.07, 6.45) is 7.88. The Labute approximate surface area is 82.1 Å². The molecule has 13 heavy (non-hydrogen) atoms. The fourth-order valence-electron chi connectivity index (χ4n) is 0.944. The van der Waals surface area contributed by atoms with Crippen molar-refractivity contribution in [2.45, 2.75) is 40.0 Å². The molecule has 0 heteroatoms. The maximum atomic E-state index is 5.48. The molecule has 0 aromatic heterocycles. The Kier molecular flexibility index (Phi) is 5.59. The van der Waals surface area contributed by atoms with Crippen molar-refractivity contribution < 1.29 is 0 Å². The van der Waals surface area contributed by atoms with Crippen molar-refractivity contribution >= 4 is 0 Å². The molecule has 1 atom stereocenters. The lowest BCUT2D eigenvalue weighted by molar-refractivity contribution is 0.533. The highest BCUT2D eigenvalue weighted by Crippen LogP contribution is 2.23. The van der Waals surface area contributed by atoms with E-state index < -0.39 is 0 Å². The molecule has 0 aliphatic carbocycles. The van der Waals surface area contributed by atoms with Crippen LogP contribution >= 0.6 is 0 Å². The minimum atomic E-state index is -0.320. The molecule has 0 aromatic rings. The van der Waals surface area contributed by atoms with Crippen LogP contribution in [0.3, 0.4) is 0 Å². The summed E-state index contributed by atoms with van der Waals surface area (Å²) in [5, 5.41) is 0. The van der Waals surface area contributed by atoms with E-state index in [1.54, 1.807) is 0 Å². The lowest BCUT2D eigenvalue weighted by atomic mass is 9.83. The molecule has 0 aromatic carbocycles. The van der Waals surface area contributed by atoms with Gasteiger partial charge in [0.25, 0.3) is 0 Å². The molecule has 0 heterocycles. The molecule has 68 valence electrons. The van der Waals surface area contributed by atoms with Gasteiger partial charge in [0.15, 0.2) is 0 Å². The minimum absolute atomic E-state index is 0.320. The summed E-state index contributed by atoms with van der Waals surface area (Å²) in [4.78, 5) is 0. The summed E-state index contributed by atoms with van der Waals surface area (Å²) in [6.45, 7) is 5.90. The maximum absolute atomic E-state index is 5.48. The van der Waals surface area contributed by atoms with Crippen molar-refractivity contribution in [1.82, 2.24) is 0 Å². The first kappa shape index (κ1) is 11.7. The molecule has 0 rings (SSSR count). The summed E-state index contributed by atoms with van der Waals surface area (Å²) in [6, 6.07) is 0. The molecule has 0 radical (unpaired) electrons. The van der Waals surface area contributed by atoms with Crippen molar-refractivity contribution in [3.05, 3.63) is 0 Å². The summed E-state index contributed by atoms with van der Waals surface area (Å²) < 4.78 is 0. The van der Waals surface area contributed by atoms with Crippen LogP contribution in [0.15, 0.2) is 0 Å². The third kappa shape index (κ3) is 3.73. The monoisotopic (exact) mass is 172 g/mol. The molecule has 0 N–H and O–H groups in total. The van der Waals surface area contributed by atoms with Crippen LogP contribution in [0.5, 0.6) is 0 Å². The van der Waals surface area contributed by atoms with E-state index in [4.69, 9.17) is 6.42 Å². The zero-order chi connectivity index (χ0) is 10.2. The number of hydrogen-bond donors (Lipinski definition) is 0. The summed E-state index contributed by atoms with van der Waals surface area (Å²) >= 11 is 0.